The average molecular weight is 505 g/mol. The van der Waals surface area contributed by atoms with E-state index in [9.17, 15) is 20.1 Å². The lowest BCUT2D eigenvalue weighted by Gasteiger charge is -2.20. The van der Waals surface area contributed by atoms with Crippen LogP contribution in [0.2, 0.25) is 0 Å². The Hall–Kier alpha value is -3.56. The summed E-state index contributed by atoms with van der Waals surface area (Å²) in [4.78, 5) is 17.6. The number of benzene rings is 2. The summed E-state index contributed by atoms with van der Waals surface area (Å²) in [6.45, 7) is 2.57. The molecular formula is C29H32N2O6. The fourth-order valence-corrected chi connectivity index (χ4v) is 4.29. The Morgan fingerprint density at radius 1 is 1.19 bits per heavy atom. The number of methoxy groups -OCH3 is 1. The number of amides is 1. The molecule has 0 fully saturated rings. The maximum Gasteiger partial charge on any atom is 0.270 e. The van der Waals surface area contributed by atoms with E-state index in [1.54, 1.807) is 25.3 Å². The van der Waals surface area contributed by atoms with Crippen LogP contribution in [0.4, 0.5) is 0 Å². The van der Waals surface area contributed by atoms with Gasteiger partial charge >= 0.3 is 0 Å². The van der Waals surface area contributed by atoms with Crippen LogP contribution in [0.3, 0.4) is 0 Å². The summed E-state index contributed by atoms with van der Waals surface area (Å²) < 4.78 is 11.2. The molecule has 1 aliphatic rings. The Bertz CT molecular complexity index is 1320. The van der Waals surface area contributed by atoms with Crippen LogP contribution in [0.5, 0.6) is 5.75 Å². The van der Waals surface area contributed by atoms with Gasteiger partial charge in [0.1, 0.15) is 18.1 Å². The molecule has 2 atom stereocenters. The molecule has 1 aromatic heterocycles. The molecule has 2 aromatic carbocycles. The number of fused-ring (bicyclic) bond motifs is 1. The minimum atomic E-state index is -1.79. The lowest BCUT2D eigenvalue weighted by Crippen LogP contribution is -2.38. The predicted molar refractivity (Wildman–Crippen MR) is 140 cm³/mol. The van der Waals surface area contributed by atoms with Gasteiger partial charge in [0.2, 0.25) is 0 Å². The third kappa shape index (κ3) is 7.02. The number of nitrogens with one attached hydrogen (secondary N) is 1. The van der Waals surface area contributed by atoms with Crippen molar-refractivity contribution >= 4 is 16.8 Å². The van der Waals surface area contributed by atoms with E-state index >= 15 is 0 Å². The second-order valence-electron chi connectivity index (χ2n) is 9.20. The van der Waals surface area contributed by atoms with Crippen LogP contribution in [0.15, 0.2) is 72.3 Å². The highest BCUT2D eigenvalue weighted by molar-refractivity contribution is 5.96. The maximum absolute atomic E-state index is 13.1. The van der Waals surface area contributed by atoms with Gasteiger partial charge in [-0.2, -0.15) is 0 Å². The first kappa shape index (κ1) is 26.5. The quantitative estimate of drug-likeness (QED) is 0.312. The number of aliphatic hydroxyl groups is 3. The molecule has 0 bridgehead atoms. The number of hydrogen-bond donors (Lipinski definition) is 4. The Balaban J connectivity index is 1.53. The minimum Gasteiger partial charge on any atom is -0.489 e. The van der Waals surface area contributed by atoms with Crippen molar-refractivity contribution in [2.45, 2.75) is 44.8 Å². The second-order valence-corrected chi connectivity index (χ2v) is 9.20. The molecule has 0 spiro atoms. The van der Waals surface area contributed by atoms with Crippen LogP contribution in [0, 0.1) is 6.92 Å². The third-order valence-electron chi connectivity index (χ3n) is 6.15. The highest BCUT2D eigenvalue weighted by Crippen LogP contribution is 2.26. The van der Waals surface area contributed by atoms with Crippen LogP contribution < -0.4 is 10.1 Å². The van der Waals surface area contributed by atoms with E-state index in [2.05, 4.69) is 10.3 Å². The summed E-state index contributed by atoms with van der Waals surface area (Å²) in [5.74, 6) is 0.298. The Kier molecular flexibility index (Phi) is 8.68. The summed E-state index contributed by atoms with van der Waals surface area (Å²) in [7, 11) is 1.56. The number of hydrogen-bond acceptors (Lipinski definition) is 7. The van der Waals surface area contributed by atoms with Crippen molar-refractivity contribution < 1.29 is 29.6 Å². The van der Waals surface area contributed by atoms with Crippen molar-refractivity contribution in [2.75, 3.05) is 13.7 Å². The first-order valence-electron chi connectivity index (χ1n) is 12.2. The molecule has 1 amide bonds. The third-order valence-corrected chi connectivity index (χ3v) is 6.15. The van der Waals surface area contributed by atoms with Gasteiger partial charge in [0, 0.05) is 18.1 Å². The van der Waals surface area contributed by atoms with Gasteiger partial charge < -0.3 is 30.1 Å². The number of carbonyl (C=O) groups is 1. The molecule has 0 saturated heterocycles. The molecule has 8 heteroatoms. The lowest BCUT2D eigenvalue weighted by molar-refractivity contribution is -0.0413. The zero-order chi connectivity index (χ0) is 26.4. The van der Waals surface area contributed by atoms with E-state index in [4.69, 9.17) is 9.47 Å². The standard InChI is InChI=1S/C29H32N2O6/c1-18-4-3-5-23(12-18)37-16-20-8-11-26-24(14-20)25(29(34)35)15-27(31-26)28(33)30-21(17-36-2)13-19-6-9-22(32)10-7-19/h3-9,11-12,14-15,21-22,29,32,34-35H,10,13,16-17H2,1-2H3,(H,30,33)/t21-,22?/m0/s1. The molecule has 4 rings (SSSR count). The molecule has 1 heterocycles. The number of rotatable bonds is 10. The van der Waals surface area contributed by atoms with Gasteiger partial charge in [-0.1, -0.05) is 36.4 Å². The van der Waals surface area contributed by atoms with E-state index in [-0.39, 0.29) is 23.9 Å². The largest absolute Gasteiger partial charge is 0.489 e. The lowest BCUT2D eigenvalue weighted by atomic mass is 9.99. The van der Waals surface area contributed by atoms with Crippen molar-refractivity contribution in [3.8, 4) is 5.75 Å². The van der Waals surface area contributed by atoms with Crippen LogP contribution >= 0.6 is 0 Å². The van der Waals surface area contributed by atoms with Crippen LogP contribution in [0.1, 0.15) is 46.3 Å². The van der Waals surface area contributed by atoms with Gasteiger partial charge in [-0.15, -0.1) is 0 Å². The maximum atomic E-state index is 13.1. The number of carbonyl (C=O) groups excluding carboxylic acids is 1. The zero-order valence-corrected chi connectivity index (χ0v) is 20.9. The summed E-state index contributed by atoms with van der Waals surface area (Å²) in [5, 5.41) is 33.2. The van der Waals surface area contributed by atoms with E-state index in [1.165, 1.54) is 6.07 Å². The van der Waals surface area contributed by atoms with E-state index in [0.717, 1.165) is 22.4 Å². The van der Waals surface area contributed by atoms with Gasteiger partial charge in [-0.25, -0.2) is 4.98 Å². The fraction of sp³-hybridized carbons (Fsp3) is 0.310. The topological polar surface area (TPSA) is 121 Å². The Morgan fingerprint density at radius 3 is 2.73 bits per heavy atom. The molecule has 0 aliphatic heterocycles. The van der Waals surface area contributed by atoms with Gasteiger partial charge in [0.25, 0.3) is 5.91 Å². The number of ether oxygens (including phenoxy) is 2. The molecule has 1 aliphatic carbocycles. The highest BCUT2D eigenvalue weighted by Gasteiger charge is 2.20. The molecule has 0 radical (unpaired) electrons. The van der Waals surface area contributed by atoms with Crippen molar-refractivity contribution in [3.63, 3.8) is 0 Å². The number of pyridine rings is 1. The zero-order valence-electron chi connectivity index (χ0n) is 20.9. The smallest absolute Gasteiger partial charge is 0.270 e. The van der Waals surface area contributed by atoms with E-state index in [1.807, 2.05) is 49.4 Å². The van der Waals surface area contributed by atoms with Gasteiger partial charge in [-0.05, 0) is 66.8 Å². The second kappa shape index (κ2) is 12.1. The van der Waals surface area contributed by atoms with Gasteiger partial charge in [0.15, 0.2) is 6.29 Å². The molecular weight excluding hydrogens is 472 g/mol. The highest BCUT2D eigenvalue weighted by atomic mass is 16.5. The normalized spacial score (nSPS) is 16.1. The Morgan fingerprint density at radius 2 is 2.03 bits per heavy atom. The number of aliphatic hydroxyl groups excluding tert-OH is 2. The van der Waals surface area contributed by atoms with Crippen LogP contribution in [-0.2, 0) is 11.3 Å². The SMILES string of the molecule is COC[C@H](CC1=CCC(O)C=C1)NC(=O)c1cc(C(O)O)c2cc(COc3cccc(C)c3)ccc2n1. The summed E-state index contributed by atoms with van der Waals surface area (Å²) in [6.07, 6.45) is 4.28. The van der Waals surface area contributed by atoms with Crippen molar-refractivity contribution in [2.24, 2.45) is 0 Å². The van der Waals surface area contributed by atoms with Crippen LogP contribution in [0.25, 0.3) is 10.9 Å². The van der Waals surface area contributed by atoms with E-state index in [0.29, 0.717) is 30.4 Å². The number of allylic oxidation sites excluding steroid dienone is 1. The van der Waals surface area contributed by atoms with Gasteiger partial charge in [0.05, 0.1) is 24.3 Å². The monoisotopic (exact) mass is 504 g/mol. The molecule has 4 N–H and O–H groups in total. The molecule has 1 unspecified atom stereocenters. The predicted octanol–water partition coefficient (Wildman–Crippen LogP) is 3.49. The first-order chi connectivity index (χ1) is 17.8. The Labute approximate surface area is 215 Å². The summed E-state index contributed by atoms with van der Waals surface area (Å²) in [6, 6.07) is 14.2. The van der Waals surface area contributed by atoms with Crippen molar-refractivity contribution in [3.05, 3.63) is 94.7 Å². The van der Waals surface area contributed by atoms with Crippen LogP contribution in [-0.4, -0.2) is 52.1 Å². The summed E-state index contributed by atoms with van der Waals surface area (Å²) >= 11 is 0. The molecule has 37 heavy (non-hydrogen) atoms. The molecule has 8 nitrogen and oxygen atoms in total. The van der Waals surface area contributed by atoms with E-state index < -0.39 is 18.3 Å². The first-order valence-corrected chi connectivity index (χ1v) is 12.2. The molecule has 194 valence electrons. The minimum absolute atomic E-state index is 0.0732. The average Bonchev–Trinajstić information content (AvgIpc) is 2.88. The number of aromatic nitrogens is 1. The fourth-order valence-electron chi connectivity index (χ4n) is 4.29. The van der Waals surface area contributed by atoms with Crippen molar-refractivity contribution in [1.82, 2.24) is 10.3 Å². The molecule has 3 aromatic rings. The van der Waals surface area contributed by atoms with Crippen molar-refractivity contribution in [1.29, 1.82) is 0 Å². The molecule has 0 saturated carbocycles. The number of aryl methyl sites for hydroxylation is 1. The van der Waals surface area contributed by atoms with Gasteiger partial charge in [-0.3, -0.25) is 4.79 Å². The summed E-state index contributed by atoms with van der Waals surface area (Å²) in [5.41, 5.74) is 3.63. The number of nitrogens with zero attached hydrogens (tertiary/aromatic N) is 1.